The van der Waals surface area contributed by atoms with Gasteiger partial charge in [0.15, 0.2) is 5.96 Å². The van der Waals surface area contributed by atoms with E-state index in [4.69, 9.17) is 4.74 Å². The summed E-state index contributed by atoms with van der Waals surface area (Å²) in [5, 5.41) is 9.49. The molecular formula is C24H33IN4O2. The maximum atomic E-state index is 12.0. The Morgan fingerprint density at radius 2 is 1.87 bits per heavy atom. The number of benzene rings is 2. The third-order valence-electron chi connectivity index (χ3n) is 5.05. The number of rotatable bonds is 9. The molecule has 0 radical (unpaired) electrons. The second-order valence-corrected chi connectivity index (χ2v) is 7.70. The van der Waals surface area contributed by atoms with Crippen molar-refractivity contribution < 1.29 is 9.53 Å². The van der Waals surface area contributed by atoms with E-state index in [1.165, 1.54) is 18.4 Å². The molecule has 1 fully saturated rings. The van der Waals surface area contributed by atoms with Gasteiger partial charge in [-0.1, -0.05) is 24.3 Å². The molecule has 0 aliphatic heterocycles. The number of hydrogen-bond acceptors (Lipinski definition) is 3. The van der Waals surface area contributed by atoms with Crippen LogP contribution in [-0.2, 0) is 13.1 Å². The first-order valence-corrected chi connectivity index (χ1v) is 10.6. The Bertz CT molecular complexity index is 897. The number of aryl methyl sites for hydroxylation is 1. The van der Waals surface area contributed by atoms with Gasteiger partial charge in [-0.25, -0.2) is 0 Å². The first-order valence-electron chi connectivity index (χ1n) is 10.6. The number of halogens is 1. The number of amides is 1. The van der Waals surface area contributed by atoms with Crippen LogP contribution in [0.4, 0.5) is 0 Å². The molecule has 1 amide bonds. The van der Waals surface area contributed by atoms with Crippen molar-refractivity contribution in [1.82, 2.24) is 16.0 Å². The van der Waals surface area contributed by atoms with Crippen LogP contribution in [0.25, 0.3) is 0 Å². The molecule has 1 aliphatic carbocycles. The molecule has 1 aliphatic rings. The summed E-state index contributed by atoms with van der Waals surface area (Å²) in [5.41, 5.74) is 3.99. The number of guanidine groups is 1. The summed E-state index contributed by atoms with van der Waals surface area (Å²) < 4.78 is 6.05. The average Bonchev–Trinajstić information content (AvgIpc) is 3.58. The minimum atomic E-state index is -0.0556. The lowest BCUT2D eigenvalue weighted by Gasteiger charge is -2.16. The second-order valence-electron chi connectivity index (χ2n) is 7.70. The van der Waals surface area contributed by atoms with Gasteiger partial charge in [-0.05, 0) is 61.9 Å². The topological polar surface area (TPSA) is 74.8 Å². The maximum Gasteiger partial charge on any atom is 0.251 e. The summed E-state index contributed by atoms with van der Waals surface area (Å²) >= 11 is 0. The summed E-state index contributed by atoms with van der Waals surface area (Å²) in [5.74, 6) is 2.31. The highest BCUT2D eigenvalue weighted by molar-refractivity contribution is 14.0. The van der Waals surface area contributed by atoms with Crippen LogP contribution >= 0.6 is 24.0 Å². The van der Waals surface area contributed by atoms with Crippen LogP contribution in [0, 0.1) is 12.8 Å². The van der Waals surface area contributed by atoms with E-state index >= 15 is 0 Å². The first kappa shape index (κ1) is 25.0. The van der Waals surface area contributed by atoms with Crippen molar-refractivity contribution in [2.75, 3.05) is 20.2 Å². The highest BCUT2D eigenvalue weighted by atomic mass is 127. The van der Waals surface area contributed by atoms with E-state index in [1.807, 2.05) is 31.2 Å². The van der Waals surface area contributed by atoms with Crippen LogP contribution in [0.3, 0.4) is 0 Å². The molecule has 3 rings (SSSR count). The molecule has 7 heteroatoms. The van der Waals surface area contributed by atoms with E-state index in [0.29, 0.717) is 31.2 Å². The van der Waals surface area contributed by atoms with Crippen molar-refractivity contribution in [3.05, 3.63) is 64.7 Å². The maximum absolute atomic E-state index is 12.0. The highest BCUT2D eigenvalue weighted by Gasteiger charge is 2.22. The Kier molecular flexibility index (Phi) is 10.1. The molecule has 0 saturated heterocycles. The molecule has 3 N–H and O–H groups in total. The molecule has 0 heterocycles. The minimum absolute atomic E-state index is 0. The van der Waals surface area contributed by atoms with Gasteiger partial charge >= 0.3 is 0 Å². The lowest BCUT2D eigenvalue weighted by atomic mass is 10.1. The molecule has 168 valence electrons. The standard InChI is InChI=1S/C24H32N4O2.HI/c1-4-26-23(29)20-7-5-6-19(13-20)14-27-24(25-3)28-15-21-11-8-17(2)12-22(21)30-16-18-9-10-18;/h5-8,11-13,18H,4,9-10,14-16H2,1-3H3,(H,26,29)(H2,25,27,28);1H. The van der Waals surface area contributed by atoms with E-state index in [0.717, 1.165) is 29.4 Å². The smallest absolute Gasteiger partial charge is 0.251 e. The Balaban J connectivity index is 0.00000341. The molecule has 0 atom stereocenters. The van der Waals surface area contributed by atoms with Gasteiger partial charge in [-0.2, -0.15) is 0 Å². The van der Waals surface area contributed by atoms with Crippen molar-refractivity contribution in [3.63, 3.8) is 0 Å². The van der Waals surface area contributed by atoms with Crippen molar-refractivity contribution in [1.29, 1.82) is 0 Å². The molecule has 2 aromatic rings. The number of carbonyl (C=O) groups excluding carboxylic acids is 1. The van der Waals surface area contributed by atoms with E-state index < -0.39 is 0 Å². The number of nitrogens with zero attached hydrogens (tertiary/aromatic N) is 1. The summed E-state index contributed by atoms with van der Waals surface area (Å²) in [7, 11) is 1.75. The van der Waals surface area contributed by atoms with Crippen molar-refractivity contribution in [2.45, 2.75) is 39.8 Å². The van der Waals surface area contributed by atoms with Crippen molar-refractivity contribution in [2.24, 2.45) is 10.9 Å². The van der Waals surface area contributed by atoms with Gasteiger partial charge in [0.1, 0.15) is 5.75 Å². The lowest BCUT2D eigenvalue weighted by Crippen LogP contribution is -2.36. The third kappa shape index (κ3) is 8.05. The van der Waals surface area contributed by atoms with Crippen molar-refractivity contribution >= 4 is 35.8 Å². The van der Waals surface area contributed by atoms with E-state index in [1.54, 1.807) is 7.05 Å². The monoisotopic (exact) mass is 536 g/mol. The van der Waals surface area contributed by atoms with Crippen LogP contribution in [-0.4, -0.2) is 32.1 Å². The predicted octanol–water partition coefficient (Wildman–Crippen LogP) is 4.02. The summed E-state index contributed by atoms with van der Waals surface area (Å²) in [6, 6.07) is 13.9. The Morgan fingerprint density at radius 1 is 1.10 bits per heavy atom. The summed E-state index contributed by atoms with van der Waals surface area (Å²) in [6.07, 6.45) is 2.55. The number of carbonyl (C=O) groups is 1. The van der Waals surface area contributed by atoms with E-state index in [-0.39, 0.29) is 29.9 Å². The number of nitrogens with one attached hydrogen (secondary N) is 3. The fraction of sp³-hybridized carbons (Fsp3) is 0.417. The predicted molar refractivity (Wildman–Crippen MR) is 136 cm³/mol. The second kappa shape index (κ2) is 12.5. The summed E-state index contributed by atoms with van der Waals surface area (Å²) in [6.45, 7) is 6.60. The summed E-state index contributed by atoms with van der Waals surface area (Å²) in [4.78, 5) is 16.3. The SMILES string of the molecule is CCNC(=O)c1cccc(CNC(=NC)NCc2ccc(C)cc2OCC2CC2)c1.I. The van der Waals surface area contributed by atoms with E-state index in [2.05, 4.69) is 46.1 Å². The molecule has 0 spiro atoms. The van der Waals surface area contributed by atoms with Gasteiger partial charge in [-0.3, -0.25) is 9.79 Å². The number of ether oxygens (including phenoxy) is 1. The molecule has 1 saturated carbocycles. The normalized spacial score (nSPS) is 13.2. The minimum Gasteiger partial charge on any atom is -0.493 e. The van der Waals surface area contributed by atoms with E-state index in [9.17, 15) is 4.79 Å². The van der Waals surface area contributed by atoms with Gasteiger partial charge in [0.25, 0.3) is 5.91 Å². The van der Waals surface area contributed by atoms with Gasteiger partial charge in [0.05, 0.1) is 6.61 Å². The van der Waals surface area contributed by atoms with Crippen LogP contribution in [0.2, 0.25) is 0 Å². The Morgan fingerprint density at radius 3 is 2.58 bits per heavy atom. The number of aliphatic imine (C=N–C) groups is 1. The molecule has 0 aromatic heterocycles. The highest BCUT2D eigenvalue weighted by Crippen LogP contribution is 2.30. The van der Waals surface area contributed by atoms with Gasteiger partial charge in [0, 0.05) is 37.8 Å². The molecule has 2 aromatic carbocycles. The first-order chi connectivity index (χ1) is 14.6. The zero-order chi connectivity index (χ0) is 21.3. The van der Waals surface area contributed by atoms with Crippen LogP contribution < -0.4 is 20.7 Å². The number of hydrogen-bond donors (Lipinski definition) is 3. The quantitative estimate of drug-likeness (QED) is 0.257. The van der Waals surface area contributed by atoms with Crippen LogP contribution in [0.5, 0.6) is 5.75 Å². The van der Waals surface area contributed by atoms with Gasteiger partial charge in [0.2, 0.25) is 0 Å². The van der Waals surface area contributed by atoms with Gasteiger partial charge in [-0.15, -0.1) is 24.0 Å². The largest absolute Gasteiger partial charge is 0.493 e. The average molecular weight is 536 g/mol. The van der Waals surface area contributed by atoms with Crippen molar-refractivity contribution in [3.8, 4) is 5.75 Å². The molecular weight excluding hydrogens is 503 g/mol. The molecule has 31 heavy (non-hydrogen) atoms. The molecule has 0 bridgehead atoms. The van der Waals surface area contributed by atoms with Gasteiger partial charge < -0.3 is 20.7 Å². The fourth-order valence-corrected chi connectivity index (χ4v) is 3.10. The fourth-order valence-electron chi connectivity index (χ4n) is 3.10. The zero-order valence-corrected chi connectivity index (χ0v) is 20.9. The van der Waals surface area contributed by atoms with Crippen LogP contribution in [0.1, 0.15) is 46.8 Å². The Labute approximate surface area is 202 Å². The third-order valence-corrected chi connectivity index (χ3v) is 5.05. The van der Waals surface area contributed by atoms with Crippen LogP contribution in [0.15, 0.2) is 47.5 Å². The molecule has 6 nitrogen and oxygen atoms in total. The lowest BCUT2D eigenvalue weighted by molar-refractivity contribution is 0.0955. The zero-order valence-electron chi connectivity index (χ0n) is 18.5. The Hall–Kier alpha value is -2.29. The molecule has 0 unspecified atom stereocenters.